The van der Waals surface area contributed by atoms with E-state index in [4.69, 9.17) is 10.2 Å². The molecule has 0 aromatic carbocycles. The predicted molar refractivity (Wildman–Crippen MR) is 71.7 cm³/mol. The van der Waals surface area contributed by atoms with Gasteiger partial charge in [0.2, 0.25) is 0 Å². The van der Waals surface area contributed by atoms with Crippen LogP contribution in [0.5, 0.6) is 0 Å². The van der Waals surface area contributed by atoms with Crippen LogP contribution in [-0.4, -0.2) is 25.0 Å². The summed E-state index contributed by atoms with van der Waals surface area (Å²) in [7, 11) is 2.12. The largest absolute Gasteiger partial charge is 0.468 e. The maximum atomic E-state index is 5.85. The van der Waals surface area contributed by atoms with Gasteiger partial charge in [0.05, 0.1) is 12.8 Å². The lowest BCUT2D eigenvalue weighted by Gasteiger charge is -2.28. The maximum absolute atomic E-state index is 5.85. The lowest BCUT2D eigenvalue weighted by Crippen LogP contribution is -2.32. The Kier molecular flexibility index (Phi) is 5.22. The van der Waals surface area contributed by atoms with Crippen LogP contribution in [0.2, 0.25) is 0 Å². The van der Waals surface area contributed by atoms with Crippen LogP contribution >= 0.6 is 0 Å². The van der Waals surface area contributed by atoms with Crippen molar-refractivity contribution < 1.29 is 4.42 Å². The highest BCUT2D eigenvalue weighted by atomic mass is 16.3. The number of nitrogens with zero attached hydrogens (tertiary/aromatic N) is 1. The molecule has 0 bridgehead atoms. The molecule has 1 aromatic heterocycles. The molecule has 0 aliphatic rings. The zero-order chi connectivity index (χ0) is 12.9. The van der Waals surface area contributed by atoms with Crippen molar-refractivity contribution in [1.82, 2.24) is 4.90 Å². The fourth-order valence-electron chi connectivity index (χ4n) is 2.26. The molecule has 1 aromatic rings. The molecule has 1 unspecified atom stereocenters. The summed E-state index contributed by atoms with van der Waals surface area (Å²) in [4.78, 5) is 2.28. The SMILES string of the molecule is CN(Cc1ccco1)CC(CN)CC(C)(C)C. The van der Waals surface area contributed by atoms with E-state index in [0.717, 1.165) is 31.8 Å². The van der Waals surface area contributed by atoms with Crippen molar-refractivity contribution in [1.29, 1.82) is 0 Å². The molecule has 0 spiro atoms. The van der Waals surface area contributed by atoms with Gasteiger partial charge in [-0.2, -0.15) is 0 Å². The molecule has 1 rings (SSSR count). The fraction of sp³-hybridized carbons (Fsp3) is 0.714. The first-order chi connectivity index (χ1) is 7.90. The molecule has 0 saturated carbocycles. The van der Waals surface area contributed by atoms with Gasteiger partial charge in [-0.15, -0.1) is 0 Å². The summed E-state index contributed by atoms with van der Waals surface area (Å²) in [6.45, 7) is 9.43. The van der Waals surface area contributed by atoms with Gasteiger partial charge in [-0.25, -0.2) is 0 Å². The maximum Gasteiger partial charge on any atom is 0.117 e. The van der Waals surface area contributed by atoms with Crippen LogP contribution in [0.4, 0.5) is 0 Å². The number of rotatable bonds is 6. The monoisotopic (exact) mass is 238 g/mol. The molecule has 0 aliphatic carbocycles. The summed E-state index contributed by atoms with van der Waals surface area (Å²) in [5.74, 6) is 1.56. The van der Waals surface area contributed by atoms with E-state index >= 15 is 0 Å². The third-order valence-corrected chi connectivity index (χ3v) is 2.81. The van der Waals surface area contributed by atoms with Crippen molar-refractivity contribution in [3.05, 3.63) is 24.2 Å². The minimum Gasteiger partial charge on any atom is -0.468 e. The first-order valence-corrected chi connectivity index (χ1v) is 6.31. The third kappa shape index (κ3) is 5.89. The lowest BCUT2D eigenvalue weighted by molar-refractivity contribution is 0.207. The molecule has 2 N–H and O–H groups in total. The second-order valence-corrected chi connectivity index (χ2v) is 6.14. The lowest BCUT2D eigenvalue weighted by atomic mass is 9.84. The molecule has 3 heteroatoms. The van der Waals surface area contributed by atoms with Gasteiger partial charge in [0.15, 0.2) is 0 Å². The zero-order valence-electron chi connectivity index (χ0n) is 11.6. The molecule has 3 nitrogen and oxygen atoms in total. The molecule has 1 atom stereocenters. The highest BCUT2D eigenvalue weighted by Gasteiger charge is 2.19. The second-order valence-electron chi connectivity index (χ2n) is 6.14. The molecule has 0 aliphatic heterocycles. The van der Waals surface area contributed by atoms with Crippen LogP contribution in [0.3, 0.4) is 0 Å². The van der Waals surface area contributed by atoms with Gasteiger partial charge in [-0.05, 0) is 43.5 Å². The zero-order valence-corrected chi connectivity index (χ0v) is 11.6. The van der Waals surface area contributed by atoms with Gasteiger partial charge in [-0.3, -0.25) is 4.90 Å². The normalized spacial score (nSPS) is 14.2. The van der Waals surface area contributed by atoms with E-state index in [2.05, 4.69) is 32.7 Å². The molecule has 0 fully saturated rings. The Morgan fingerprint density at radius 2 is 2.12 bits per heavy atom. The van der Waals surface area contributed by atoms with E-state index in [9.17, 15) is 0 Å². The highest BCUT2D eigenvalue weighted by Crippen LogP contribution is 2.24. The minimum absolute atomic E-state index is 0.343. The Bertz CT molecular complexity index is 301. The molecular weight excluding hydrogens is 212 g/mol. The summed E-state index contributed by atoms with van der Waals surface area (Å²) in [5.41, 5.74) is 6.19. The Morgan fingerprint density at radius 1 is 1.41 bits per heavy atom. The molecule has 17 heavy (non-hydrogen) atoms. The van der Waals surface area contributed by atoms with Crippen molar-refractivity contribution in [2.24, 2.45) is 17.1 Å². The van der Waals surface area contributed by atoms with E-state index in [1.54, 1.807) is 6.26 Å². The van der Waals surface area contributed by atoms with Gasteiger partial charge in [0.25, 0.3) is 0 Å². The summed E-state index contributed by atoms with van der Waals surface area (Å²) >= 11 is 0. The fourth-order valence-corrected chi connectivity index (χ4v) is 2.26. The van der Waals surface area contributed by atoms with Crippen LogP contribution in [-0.2, 0) is 6.54 Å². The Morgan fingerprint density at radius 3 is 2.59 bits per heavy atom. The van der Waals surface area contributed by atoms with Gasteiger partial charge in [-0.1, -0.05) is 20.8 Å². The number of furan rings is 1. The van der Waals surface area contributed by atoms with Crippen molar-refractivity contribution >= 4 is 0 Å². The topological polar surface area (TPSA) is 42.4 Å². The molecule has 1 heterocycles. The van der Waals surface area contributed by atoms with Crippen molar-refractivity contribution in [2.45, 2.75) is 33.7 Å². The van der Waals surface area contributed by atoms with E-state index < -0.39 is 0 Å². The summed E-state index contributed by atoms with van der Waals surface area (Å²) in [6, 6.07) is 3.94. The minimum atomic E-state index is 0.343. The van der Waals surface area contributed by atoms with Crippen LogP contribution in [0.1, 0.15) is 33.0 Å². The smallest absolute Gasteiger partial charge is 0.117 e. The summed E-state index contributed by atoms with van der Waals surface area (Å²) < 4.78 is 5.35. The van der Waals surface area contributed by atoms with Crippen molar-refractivity contribution in [3.8, 4) is 0 Å². The van der Waals surface area contributed by atoms with E-state index in [1.165, 1.54) is 0 Å². The molecule has 0 amide bonds. The first-order valence-electron chi connectivity index (χ1n) is 6.31. The number of nitrogens with two attached hydrogens (primary N) is 1. The van der Waals surface area contributed by atoms with Crippen LogP contribution in [0.25, 0.3) is 0 Å². The molecular formula is C14H26N2O. The van der Waals surface area contributed by atoms with Gasteiger partial charge in [0.1, 0.15) is 5.76 Å². The van der Waals surface area contributed by atoms with Crippen LogP contribution in [0.15, 0.2) is 22.8 Å². The standard InChI is InChI=1S/C14H26N2O/c1-14(2,3)8-12(9-15)10-16(4)11-13-6-5-7-17-13/h5-7,12H,8-11,15H2,1-4H3. The molecule has 98 valence electrons. The molecule has 0 radical (unpaired) electrons. The average Bonchev–Trinajstić information content (AvgIpc) is 2.67. The Balaban J connectivity index is 2.40. The summed E-state index contributed by atoms with van der Waals surface area (Å²) in [6.07, 6.45) is 2.88. The Labute approximate surface area is 105 Å². The van der Waals surface area contributed by atoms with E-state index in [1.807, 2.05) is 12.1 Å². The first kappa shape index (κ1) is 14.3. The second kappa shape index (κ2) is 6.22. The van der Waals surface area contributed by atoms with Gasteiger partial charge < -0.3 is 10.2 Å². The van der Waals surface area contributed by atoms with Crippen molar-refractivity contribution in [2.75, 3.05) is 20.1 Å². The average molecular weight is 238 g/mol. The number of hydrogen-bond donors (Lipinski definition) is 1. The van der Waals surface area contributed by atoms with Crippen LogP contribution in [0, 0.1) is 11.3 Å². The third-order valence-electron chi connectivity index (χ3n) is 2.81. The predicted octanol–water partition coefficient (Wildman–Crippen LogP) is 2.72. The molecule has 0 saturated heterocycles. The number of hydrogen-bond acceptors (Lipinski definition) is 3. The van der Waals surface area contributed by atoms with E-state index in [0.29, 0.717) is 11.3 Å². The van der Waals surface area contributed by atoms with Crippen LogP contribution < -0.4 is 5.73 Å². The quantitative estimate of drug-likeness (QED) is 0.828. The van der Waals surface area contributed by atoms with Crippen molar-refractivity contribution in [3.63, 3.8) is 0 Å². The highest BCUT2D eigenvalue weighted by molar-refractivity contribution is 4.97. The van der Waals surface area contributed by atoms with E-state index in [-0.39, 0.29) is 0 Å². The van der Waals surface area contributed by atoms with Gasteiger partial charge >= 0.3 is 0 Å². The Hall–Kier alpha value is -0.800. The summed E-state index contributed by atoms with van der Waals surface area (Å²) in [5, 5.41) is 0. The van der Waals surface area contributed by atoms with Gasteiger partial charge in [0, 0.05) is 6.54 Å².